The summed E-state index contributed by atoms with van der Waals surface area (Å²) in [5.41, 5.74) is 2.91. The first-order valence-corrected chi connectivity index (χ1v) is 11.6. The Hall–Kier alpha value is -3.39. The standard InChI is InChI=1S/C24H25N5O2S/c1-2-28-16-20-22(27-28)23(31)29(14-13-18-9-5-3-6-10-18)24(26-20)32-17-21(30)25-15-19-11-7-4-8-12-19/h3-12,16H,2,13-15,17H2,1H3,(H,25,30). The van der Waals surface area contributed by atoms with Gasteiger partial charge in [-0.1, -0.05) is 72.4 Å². The van der Waals surface area contributed by atoms with Crippen LogP contribution in [0, 0.1) is 0 Å². The maximum Gasteiger partial charge on any atom is 0.282 e. The summed E-state index contributed by atoms with van der Waals surface area (Å²) in [6.45, 7) is 3.56. The average Bonchev–Trinajstić information content (AvgIpc) is 3.26. The molecule has 0 atom stereocenters. The van der Waals surface area contributed by atoms with Crippen LogP contribution in [0.15, 0.2) is 76.8 Å². The minimum absolute atomic E-state index is 0.105. The number of amides is 1. The lowest BCUT2D eigenvalue weighted by Gasteiger charge is -2.12. The molecule has 0 aliphatic rings. The molecule has 32 heavy (non-hydrogen) atoms. The van der Waals surface area contributed by atoms with E-state index in [1.54, 1.807) is 15.4 Å². The van der Waals surface area contributed by atoms with Crippen LogP contribution in [0.3, 0.4) is 0 Å². The largest absolute Gasteiger partial charge is 0.351 e. The Labute approximate surface area is 190 Å². The smallest absolute Gasteiger partial charge is 0.282 e. The van der Waals surface area contributed by atoms with Crippen LogP contribution in [0.2, 0.25) is 0 Å². The number of benzene rings is 2. The molecule has 8 heteroatoms. The van der Waals surface area contributed by atoms with Crippen molar-refractivity contribution in [3.8, 4) is 0 Å². The number of carbonyl (C=O) groups is 1. The third kappa shape index (κ3) is 5.26. The van der Waals surface area contributed by atoms with Gasteiger partial charge in [-0.2, -0.15) is 5.10 Å². The van der Waals surface area contributed by atoms with Crippen molar-refractivity contribution in [1.82, 2.24) is 24.6 Å². The van der Waals surface area contributed by atoms with Gasteiger partial charge in [-0.05, 0) is 24.5 Å². The molecule has 0 aliphatic heterocycles. The topological polar surface area (TPSA) is 81.8 Å². The second-order valence-corrected chi connectivity index (χ2v) is 8.30. The predicted molar refractivity (Wildman–Crippen MR) is 127 cm³/mol. The molecule has 0 unspecified atom stereocenters. The van der Waals surface area contributed by atoms with E-state index >= 15 is 0 Å². The van der Waals surface area contributed by atoms with Gasteiger partial charge in [-0.15, -0.1) is 0 Å². The van der Waals surface area contributed by atoms with Crippen LogP contribution in [0.25, 0.3) is 11.0 Å². The van der Waals surface area contributed by atoms with Crippen LogP contribution >= 0.6 is 11.8 Å². The molecule has 0 saturated heterocycles. The molecule has 4 rings (SSSR count). The highest BCUT2D eigenvalue weighted by Gasteiger charge is 2.16. The lowest BCUT2D eigenvalue weighted by Crippen LogP contribution is -2.27. The number of fused-ring (bicyclic) bond motifs is 1. The zero-order valence-corrected chi connectivity index (χ0v) is 18.7. The van der Waals surface area contributed by atoms with Gasteiger partial charge in [0.2, 0.25) is 5.91 Å². The zero-order valence-electron chi connectivity index (χ0n) is 17.9. The Balaban J connectivity index is 1.52. The maximum absolute atomic E-state index is 13.2. The van der Waals surface area contributed by atoms with E-state index in [2.05, 4.69) is 15.4 Å². The van der Waals surface area contributed by atoms with Crippen molar-refractivity contribution in [1.29, 1.82) is 0 Å². The molecule has 0 aliphatic carbocycles. The molecule has 2 aromatic heterocycles. The number of rotatable bonds is 9. The SMILES string of the molecule is CCn1cc2nc(SCC(=O)NCc3ccccc3)n(CCc3ccccc3)c(=O)c2n1. The number of nitrogens with one attached hydrogen (secondary N) is 1. The quantitative estimate of drug-likeness (QED) is 0.315. The molecule has 0 saturated carbocycles. The number of thioether (sulfide) groups is 1. The van der Waals surface area contributed by atoms with Crippen LogP contribution in [-0.2, 0) is 30.8 Å². The second-order valence-electron chi connectivity index (χ2n) is 7.36. The van der Waals surface area contributed by atoms with Gasteiger partial charge >= 0.3 is 0 Å². The molecule has 1 amide bonds. The molecule has 7 nitrogen and oxygen atoms in total. The normalized spacial score (nSPS) is 11.0. The monoisotopic (exact) mass is 447 g/mol. The van der Waals surface area contributed by atoms with Crippen molar-refractivity contribution in [3.05, 3.63) is 88.3 Å². The molecule has 0 bridgehead atoms. The number of aryl methyl sites for hydroxylation is 2. The summed E-state index contributed by atoms with van der Waals surface area (Å²) >= 11 is 1.27. The van der Waals surface area contributed by atoms with Gasteiger partial charge in [0.25, 0.3) is 5.56 Å². The molecule has 2 aromatic carbocycles. The van der Waals surface area contributed by atoms with Gasteiger partial charge in [0.1, 0.15) is 5.52 Å². The summed E-state index contributed by atoms with van der Waals surface area (Å²) in [6.07, 6.45) is 2.47. The van der Waals surface area contributed by atoms with E-state index in [0.29, 0.717) is 42.2 Å². The molecule has 0 spiro atoms. The van der Waals surface area contributed by atoms with E-state index in [0.717, 1.165) is 11.1 Å². The summed E-state index contributed by atoms with van der Waals surface area (Å²) < 4.78 is 3.35. The summed E-state index contributed by atoms with van der Waals surface area (Å²) in [5.74, 6) is 0.0740. The van der Waals surface area contributed by atoms with Crippen LogP contribution in [0.5, 0.6) is 0 Å². The number of nitrogens with zero attached hydrogens (tertiary/aromatic N) is 4. The molecule has 4 aromatic rings. The third-order valence-corrected chi connectivity index (χ3v) is 6.07. The Morgan fingerprint density at radius 1 is 1.03 bits per heavy atom. The Bertz CT molecular complexity index is 1250. The molecule has 1 N–H and O–H groups in total. The van der Waals surface area contributed by atoms with Crippen molar-refractivity contribution < 1.29 is 4.79 Å². The highest BCUT2D eigenvalue weighted by molar-refractivity contribution is 7.99. The van der Waals surface area contributed by atoms with Crippen molar-refractivity contribution in [2.45, 2.75) is 38.1 Å². The van der Waals surface area contributed by atoms with Crippen LogP contribution in [-0.4, -0.2) is 31.0 Å². The fourth-order valence-corrected chi connectivity index (χ4v) is 4.21. The first-order chi connectivity index (χ1) is 15.6. The van der Waals surface area contributed by atoms with Crippen molar-refractivity contribution in [2.24, 2.45) is 0 Å². The Morgan fingerprint density at radius 2 is 1.72 bits per heavy atom. The van der Waals surface area contributed by atoms with Gasteiger partial charge in [0, 0.05) is 19.6 Å². The third-order valence-electron chi connectivity index (χ3n) is 5.09. The van der Waals surface area contributed by atoms with E-state index in [-0.39, 0.29) is 17.2 Å². The number of hydrogen-bond acceptors (Lipinski definition) is 5. The van der Waals surface area contributed by atoms with Crippen molar-refractivity contribution in [3.63, 3.8) is 0 Å². The number of aromatic nitrogens is 4. The maximum atomic E-state index is 13.2. The van der Waals surface area contributed by atoms with Gasteiger partial charge < -0.3 is 5.32 Å². The van der Waals surface area contributed by atoms with Gasteiger partial charge in [0.15, 0.2) is 10.7 Å². The van der Waals surface area contributed by atoms with E-state index in [4.69, 9.17) is 0 Å². The van der Waals surface area contributed by atoms with E-state index in [1.807, 2.05) is 67.6 Å². The lowest BCUT2D eigenvalue weighted by atomic mass is 10.1. The molecule has 2 heterocycles. The van der Waals surface area contributed by atoms with Gasteiger partial charge in [-0.3, -0.25) is 18.8 Å². The summed E-state index contributed by atoms with van der Waals surface area (Å²) in [5, 5.41) is 7.83. The number of hydrogen-bond donors (Lipinski definition) is 1. The molecular weight excluding hydrogens is 422 g/mol. The summed E-state index contributed by atoms with van der Waals surface area (Å²) in [6, 6.07) is 19.8. The minimum Gasteiger partial charge on any atom is -0.351 e. The summed E-state index contributed by atoms with van der Waals surface area (Å²) in [4.78, 5) is 30.3. The average molecular weight is 448 g/mol. The van der Waals surface area contributed by atoms with E-state index in [1.165, 1.54) is 11.8 Å². The number of carbonyl (C=O) groups excluding carboxylic acids is 1. The van der Waals surface area contributed by atoms with Crippen molar-refractivity contribution >= 4 is 28.7 Å². The highest BCUT2D eigenvalue weighted by Crippen LogP contribution is 2.18. The lowest BCUT2D eigenvalue weighted by molar-refractivity contribution is -0.118. The minimum atomic E-state index is -0.176. The first-order valence-electron chi connectivity index (χ1n) is 10.6. The first kappa shape index (κ1) is 21.8. The molecule has 164 valence electrons. The molecule has 0 radical (unpaired) electrons. The summed E-state index contributed by atoms with van der Waals surface area (Å²) in [7, 11) is 0. The fourth-order valence-electron chi connectivity index (χ4n) is 3.36. The fraction of sp³-hybridized carbons (Fsp3) is 0.250. The van der Waals surface area contributed by atoms with Gasteiger partial charge in [-0.25, -0.2) is 4.98 Å². The van der Waals surface area contributed by atoms with Crippen molar-refractivity contribution in [2.75, 3.05) is 5.75 Å². The second kappa shape index (κ2) is 10.3. The molecule has 0 fully saturated rings. The Kier molecular flexibility index (Phi) is 7.01. The van der Waals surface area contributed by atoms with E-state index < -0.39 is 0 Å². The van der Waals surface area contributed by atoms with Gasteiger partial charge in [0.05, 0.1) is 11.9 Å². The zero-order chi connectivity index (χ0) is 22.3. The van der Waals surface area contributed by atoms with Crippen LogP contribution in [0.1, 0.15) is 18.1 Å². The van der Waals surface area contributed by atoms with Crippen LogP contribution in [0.4, 0.5) is 0 Å². The Morgan fingerprint density at radius 3 is 2.41 bits per heavy atom. The highest BCUT2D eigenvalue weighted by atomic mass is 32.2. The van der Waals surface area contributed by atoms with Crippen LogP contribution < -0.4 is 10.9 Å². The molecular formula is C24H25N5O2S. The van der Waals surface area contributed by atoms with E-state index in [9.17, 15) is 9.59 Å². The predicted octanol–water partition coefficient (Wildman–Crippen LogP) is 3.26.